The Balaban J connectivity index is 2.01. The van der Waals surface area contributed by atoms with E-state index in [0.29, 0.717) is 16.8 Å². The molecule has 1 amide bonds. The van der Waals surface area contributed by atoms with Crippen molar-refractivity contribution >= 4 is 56.2 Å². The van der Waals surface area contributed by atoms with Crippen molar-refractivity contribution in [2.75, 3.05) is 16.7 Å². The number of carbonyl (C=O) groups excluding carboxylic acids is 2. The molecule has 8 nitrogen and oxygen atoms in total. The van der Waals surface area contributed by atoms with E-state index < -0.39 is 28.4 Å². The van der Waals surface area contributed by atoms with Gasteiger partial charge >= 0.3 is 0 Å². The SMILES string of the molecule is Cc1cc(C)c(NC(=O)c2scc(C)c2S(=O)(=O)Nc2onc(C)c2Cl)c(C(=O)CF)c1. The van der Waals surface area contributed by atoms with Crippen molar-refractivity contribution in [1.82, 2.24) is 5.16 Å². The van der Waals surface area contributed by atoms with Crippen LogP contribution in [0.4, 0.5) is 16.0 Å². The predicted octanol–water partition coefficient (Wildman–Crippen LogP) is 4.83. The number of hydrogen-bond donors (Lipinski definition) is 2. The van der Waals surface area contributed by atoms with Gasteiger partial charge in [0.05, 0.1) is 5.69 Å². The molecule has 0 atom stereocenters. The summed E-state index contributed by atoms with van der Waals surface area (Å²) < 4.78 is 46.2. The Morgan fingerprint density at radius 1 is 1.19 bits per heavy atom. The van der Waals surface area contributed by atoms with Crippen LogP contribution in [0.5, 0.6) is 0 Å². The van der Waals surface area contributed by atoms with E-state index in [9.17, 15) is 22.4 Å². The number of Topliss-reactive ketones (excluding diaryl/α,β-unsaturated/α-hetero) is 1. The van der Waals surface area contributed by atoms with Gasteiger partial charge in [0.1, 0.15) is 20.5 Å². The van der Waals surface area contributed by atoms with Gasteiger partial charge in [-0.05, 0) is 55.8 Å². The first kappa shape index (κ1) is 23.9. The van der Waals surface area contributed by atoms with Crippen LogP contribution < -0.4 is 10.0 Å². The van der Waals surface area contributed by atoms with E-state index in [4.69, 9.17) is 16.1 Å². The summed E-state index contributed by atoms with van der Waals surface area (Å²) in [5.41, 5.74) is 2.01. The third-order valence-electron chi connectivity index (χ3n) is 4.55. The van der Waals surface area contributed by atoms with Crippen LogP contribution in [0.2, 0.25) is 5.02 Å². The molecule has 12 heteroatoms. The highest BCUT2D eigenvalue weighted by Crippen LogP contribution is 2.33. The summed E-state index contributed by atoms with van der Waals surface area (Å²) in [7, 11) is -4.27. The van der Waals surface area contributed by atoms with Crippen LogP contribution in [0.25, 0.3) is 0 Å². The van der Waals surface area contributed by atoms with E-state index in [1.54, 1.807) is 26.8 Å². The van der Waals surface area contributed by atoms with Gasteiger partial charge in [-0.15, -0.1) is 11.3 Å². The molecule has 2 heterocycles. The number of carbonyl (C=O) groups is 2. The van der Waals surface area contributed by atoms with E-state index in [1.165, 1.54) is 18.4 Å². The van der Waals surface area contributed by atoms with Gasteiger partial charge in [-0.1, -0.05) is 22.8 Å². The lowest BCUT2D eigenvalue weighted by molar-refractivity contribution is 0.0959. The largest absolute Gasteiger partial charge is 0.336 e. The Bertz CT molecular complexity index is 1330. The van der Waals surface area contributed by atoms with E-state index in [1.807, 2.05) is 0 Å². The van der Waals surface area contributed by atoms with Gasteiger partial charge in [-0.3, -0.25) is 9.59 Å². The number of alkyl halides is 1. The van der Waals surface area contributed by atoms with E-state index in [-0.39, 0.29) is 31.9 Å². The van der Waals surface area contributed by atoms with Crippen molar-refractivity contribution < 1.29 is 26.9 Å². The number of aryl methyl sites for hydroxylation is 4. The number of anilines is 2. The number of amides is 1. The van der Waals surface area contributed by atoms with Crippen LogP contribution in [0.1, 0.15) is 42.4 Å². The van der Waals surface area contributed by atoms with E-state index in [0.717, 1.165) is 16.9 Å². The molecule has 2 N–H and O–H groups in total. The Morgan fingerprint density at radius 2 is 1.88 bits per heavy atom. The van der Waals surface area contributed by atoms with Crippen molar-refractivity contribution in [2.24, 2.45) is 0 Å². The average molecular weight is 500 g/mol. The smallest absolute Gasteiger partial charge is 0.267 e. The second-order valence-electron chi connectivity index (χ2n) is 7.11. The predicted molar refractivity (Wildman–Crippen MR) is 120 cm³/mol. The topological polar surface area (TPSA) is 118 Å². The lowest BCUT2D eigenvalue weighted by Gasteiger charge is -2.14. The van der Waals surface area contributed by atoms with Crippen LogP contribution in [0.3, 0.4) is 0 Å². The zero-order valence-corrected chi connectivity index (χ0v) is 19.9. The van der Waals surface area contributed by atoms with E-state index >= 15 is 0 Å². The zero-order valence-electron chi connectivity index (χ0n) is 17.5. The first-order chi connectivity index (χ1) is 15.0. The van der Waals surface area contributed by atoms with Crippen LogP contribution in [0, 0.1) is 27.7 Å². The molecule has 0 fully saturated rings. The van der Waals surface area contributed by atoms with Gasteiger partial charge in [-0.2, -0.15) is 0 Å². The van der Waals surface area contributed by atoms with Crippen LogP contribution in [-0.4, -0.2) is 31.9 Å². The number of aromatic nitrogens is 1. The van der Waals surface area contributed by atoms with Gasteiger partial charge in [0, 0.05) is 5.56 Å². The minimum Gasteiger partial charge on any atom is -0.336 e. The minimum absolute atomic E-state index is 0.00267. The zero-order chi connectivity index (χ0) is 23.8. The fourth-order valence-corrected chi connectivity index (χ4v) is 5.98. The summed E-state index contributed by atoms with van der Waals surface area (Å²) in [6.07, 6.45) is 0. The maximum Gasteiger partial charge on any atom is 0.267 e. The van der Waals surface area contributed by atoms with Gasteiger partial charge < -0.3 is 9.84 Å². The molecule has 3 rings (SSSR count). The summed E-state index contributed by atoms with van der Waals surface area (Å²) >= 11 is 6.90. The number of halogens is 2. The summed E-state index contributed by atoms with van der Waals surface area (Å²) in [5, 5.41) is 7.67. The number of nitrogens with zero attached hydrogens (tertiary/aromatic N) is 1. The third-order valence-corrected chi connectivity index (χ3v) is 7.74. The van der Waals surface area contributed by atoms with Gasteiger partial charge in [-0.25, -0.2) is 17.5 Å². The van der Waals surface area contributed by atoms with Crippen LogP contribution in [0.15, 0.2) is 26.9 Å². The Hall–Kier alpha value is -2.76. The molecular formula is C20H19ClFN3O5S2. The molecule has 0 unspecified atom stereocenters. The van der Waals surface area contributed by atoms with Crippen LogP contribution in [-0.2, 0) is 10.0 Å². The summed E-state index contributed by atoms with van der Waals surface area (Å²) in [6, 6.07) is 3.19. The second-order valence-corrected chi connectivity index (χ2v) is 9.99. The van der Waals surface area contributed by atoms with Crippen molar-refractivity contribution in [3.05, 3.63) is 55.4 Å². The normalized spacial score (nSPS) is 11.4. The molecule has 0 saturated heterocycles. The quantitative estimate of drug-likeness (QED) is 0.449. The molecule has 0 aliphatic heterocycles. The molecule has 0 radical (unpaired) electrons. The molecular weight excluding hydrogens is 481 g/mol. The van der Waals surface area contributed by atoms with Gasteiger partial charge in [0.25, 0.3) is 21.8 Å². The van der Waals surface area contributed by atoms with Gasteiger partial charge in [0.2, 0.25) is 0 Å². The monoisotopic (exact) mass is 499 g/mol. The molecule has 0 aliphatic carbocycles. The molecule has 2 aromatic heterocycles. The average Bonchev–Trinajstić information content (AvgIpc) is 3.26. The third kappa shape index (κ3) is 4.54. The minimum atomic E-state index is -4.27. The fraction of sp³-hybridized carbons (Fsp3) is 0.250. The molecule has 170 valence electrons. The Morgan fingerprint density at radius 3 is 2.47 bits per heavy atom. The van der Waals surface area contributed by atoms with Crippen molar-refractivity contribution in [3.8, 4) is 0 Å². The first-order valence-corrected chi connectivity index (χ1v) is 11.9. The number of hydrogen-bond acceptors (Lipinski definition) is 7. The molecule has 0 saturated carbocycles. The molecule has 0 bridgehead atoms. The highest BCUT2D eigenvalue weighted by molar-refractivity contribution is 7.93. The summed E-state index contributed by atoms with van der Waals surface area (Å²) in [5.74, 6) is -1.83. The standard InChI is InChI=1S/C20H19ClFN3O5S2/c1-9-5-10(2)16(13(6-9)14(26)7-22)23-19(27)17-18(11(3)8-31-17)32(28,29)25-20-15(21)12(4)24-30-20/h5-6,8,25H,7H2,1-4H3,(H,23,27). The van der Waals surface area contributed by atoms with Crippen molar-refractivity contribution in [2.45, 2.75) is 32.6 Å². The second kappa shape index (κ2) is 9.00. The lowest BCUT2D eigenvalue weighted by atomic mass is 10.0. The lowest BCUT2D eigenvalue weighted by Crippen LogP contribution is -2.21. The number of ketones is 1. The molecule has 1 aromatic carbocycles. The maximum atomic E-state index is 13.1. The van der Waals surface area contributed by atoms with E-state index in [2.05, 4.69) is 15.2 Å². The number of benzene rings is 1. The highest BCUT2D eigenvalue weighted by atomic mass is 35.5. The first-order valence-electron chi connectivity index (χ1n) is 9.20. The van der Waals surface area contributed by atoms with Crippen molar-refractivity contribution in [3.63, 3.8) is 0 Å². The highest BCUT2D eigenvalue weighted by Gasteiger charge is 2.30. The molecule has 0 aliphatic rings. The van der Waals surface area contributed by atoms with Gasteiger partial charge in [0.15, 0.2) is 12.5 Å². The molecule has 32 heavy (non-hydrogen) atoms. The number of nitrogens with one attached hydrogen (secondary N) is 2. The fourth-order valence-electron chi connectivity index (χ4n) is 3.11. The summed E-state index contributed by atoms with van der Waals surface area (Å²) in [4.78, 5) is 24.7. The van der Waals surface area contributed by atoms with Crippen molar-refractivity contribution in [1.29, 1.82) is 0 Å². The van der Waals surface area contributed by atoms with Crippen LogP contribution >= 0.6 is 22.9 Å². The molecule has 3 aromatic rings. The number of thiophene rings is 1. The Labute approximate surface area is 192 Å². The summed E-state index contributed by atoms with van der Waals surface area (Å²) in [6.45, 7) is 5.24. The maximum absolute atomic E-state index is 13.1. The molecule has 0 spiro atoms. The number of sulfonamides is 1. The Kier molecular flexibility index (Phi) is 6.72. The number of rotatable bonds is 7.